The van der Waals surface area contributed by atoms with Crippen LogP contribution in [0.4, 0.5) is 0 Å². The van der Waals surface area contributed by atoms with Gasteiger partial charge in [0.25, 0.3) is 0 Å². The third-order valence-corrected chi connectivity index (χ3v) is 6.79. The van der Waals surface area contributed by atoms with Crippen molar-refractivity contribution in [2.75, 3.05) is 13.6 Å². The average molecular weight is 507 g/mol. The first kappa shape index (κ1) is 34.3. The molecule has 0 saturated heterocycles. The van der Waals surface area contributed by atoms with E-state index in [0.717, 1.165) is 19.4 Å². The van der Waals surface area contributed by atoms with Crippen LogP contribution in [0, 0.1) is 27.7 Å². The summed E-state index contributed by atoms with van der Waals surface area (Å²) in [6, 6.07) is 13.7. The minimum atomic E-state index is 0. The van der Waals surface area contributed by atoms with E-state index in [-0.39, 0.29) is 1.43 Å². The Balaban J connectivity index is 0. The molecule has 1 heterocycles. The van der Waals surface area contributed by atoms with Gasteiger partial charge in [-0.2, -0.15) is 0 Å². The Morgan fingerprint density at radius 1 is 0.946 bits per heavy atom. The highest BCUT2D eigenvalue weighted by Gasteiger charge is 2.13. The second-order valence-electron chi connectivity index (χ2n) is 9.62. The molecule has 1 aliphatic rings. The maximum atomic E-state index is 3.84. The quantitative estimate of drug-likeness (QED) is 0.376. The first-order chi connectivity index (χ1) is 17.7. The lowest BCUT2D eigenvalue weighted by molar-refractivity contribution is 0.441. The largest absolute Gasteiger partial charge is 0.379 e. The van der Waals surface area contributed by atoms with Crippen molar-refractivity contribution in [2.45, 2.75) is 101 Å². The van der Waals surface area contributed by atoms with Gasteiger partial charge in [0.1, 0.15) is 0 Å². The van der Waals surface area contributed by atoms with E-state index >= 15 is 0 Å². The summed E-state index contributed by atoms with van der Waals surface area (Å²) in [5, 5.41) is 3.47. The van der Waals surface area contributed by atoms with Crippen LogP contribution in [0.25, 0.3) is 5.70 Å². The minimum Gasteiger partial charge on any atom is -0.379 e. The standard InChI is InChI=1S/C19H26N2.C10H14.C4H10.C2H6.H2/c1-5-18-13-14-19(20-18)17-11-9-16(10-12-17)8-7-15(3)21(4)6-2;1-7-5-9(3)10(4)6-8(7)2;1-3-4-2;1-2;/h5,7,9-12,14,18,20H,1,6,8,13H2,2-4H3;5-6H,1-4H3;3-4H2,1-2H3;1-2H3;1H/b15-7-;;;;. The molecular formula is C35H58N2. The summed E-state index contributed by atoms with van der Waals surface area (Å²) in [4.78, 5) is 2.26. The second-order valence-corrected chi connectivity index (χ2v) is 9.62. The first-order valence-corrected chi connectivity index (χ1v) is 14.3. The highest BCUT2D eigenvalue weighted by Crippen LogP contribution is 2.21. The summed E-state index contributed by atoms with van der Waals surface area (Å²) in [5.74, 6) is 0. The number of rotatable bonds is 7. The van der Waals surface area contributed by atoms with E-state index in [0.29, 0.717) is 6.04 Å². The lowest BCUT2D eigenvalue weighted by Crippen LogP contribution is -2.18. The highest BCUT2D eigenvalue weighted by atomic mass is 15.1. The zero-order valence-corrected chi connectivity index (χ0v) is 26.0. The Hall–Kier alpha value is -2.74. The van der Waals surface area contributed by atoms with Crippen molar-refractivity contribution >= 4 is 5.70 Å². The molecule has 1 aliphatic heterocycles. The van der Waals surface area contributed by atoms with E-state index in [4.69, 9.17) is 0 Å². The molecular weight excluding hydrogens is 448 g/mol. The van der Waals surface area contributed by atoms with Gasteiger partial charge >= 0.3 is 0 Å². The molecule has 0 aromatic heterocycles. The predicted molar refractivity (Wildman–Crippen MR) is 171 cm³/mol. The van der Waals surface area contributed by atoms with Crippen molar-refractivity contribution < 1.29 is 1.43 Å². The third-order valence-electron chi connectivity index (χ3n) is 6.79. The van der Waals surface area contributed by atoms with Crippen LogP contribution in [-0.4, -0.2) is 24.5 Å². The van der Waals surface area contributed by atoms with Crippen LogP contribution < -0.4 is 5.32 Å². The number of aryl methyl sites for hydroxylation is 4. The van der Waals surface area contributed by atoms with Gasteiger partial charge in [0.05, 0.1) is 0 Å². The topological polar surface area (TPSA) is 15.3 Å². The zero-order chi connectivity index (χ0) is 28.4. The van der Waals surface area contributed by atoms with E-state index in [2.05, 4.69) is 128 Å². The normalized spacial score (nSPS) is 14.0. The molecule has 0 radical (unpaired) electrons. The summed E-state index contributed by atoms with van der Waals surface area (Å²) in [7, 11) is 2.13. The first-order valence-electron chi connectivity index (χ1n) is 14.3. The number of benzene rings is 2. The molecule has 1 atom stereocenters. The zero-order valence-electron chi connectivity index (χ0n) is 26.0. The Labute approximate surface area is 232 Å². The molecule has 0 amide bonds. The molecule has 1 N–H and O–H groups in total. The van der Waals surface area contributed by atoms with Crippen LogP contribution in [0.15, 0.2) is 66.9 Å². The number of nitrogens with zero attached hydrogens (tertiary/aromatic N) is 1. The fraction of sp³-hybridized carbons (Fsp3) is 0.486. The lowest BCUT2D eigenvalue weighted by atomic mass is 10.0. The molecule has 2 heteroatoms. The lowest BCUT2D eigenvalue weighted by Gasteiger charge is -2.17. The molecule has 1 unspecified atom stereocenters. The molecule has 0 aliphatic carbocycles. The summed E-state index contributed by atoms with van der Waals surface area (Å²) in [6.07, 6.45) is 11.2. The second kappa shape index (κ2) is 19.4. The Bertz CT molecular complexity index is 918. The van der Waals surface area contributed by atoms with Crippen molar-refractivity contribution in [1.29, 1.82) is 0 Å². The number of nitrogens with one attached hydrogen (secondary N) is 1. The number of allylic oxidation sites excluding steroid dienone is 2. The molecule has 0 bridgehead atoms. The van der Waals surface area contributed by atoms with Crippen LogP contribution in [-0.2, 0) is 6.42 Å². The molecule has 3 rings (SSSR count). The van der Waals surface area contributed by atoms with Gasteiger partial charge in [0.15, 0.2) is 0 Å². The van der Waals surface area contributed by atoms with Crippen molar-refractivity contribution in [2.24, 2.45) is 0 Å². The van der Waals surface area contributed by atoms with E-state index in [1.807, 2.05) is 19.9 Å². The molecule has 37 heavy (non-hydrogen) atoms. The molecule has 2 aromatic carbocycles. The van der Waals surface area contributed by atoms with E-state index in [9.17, 15) is 0 Å². The van der Waals surface area contributed by atoms with Crippen LogP contribution in [0.3, 0.4) is 0 Å². The smallest absolute Gasteiger partial charge is 0.0477 e. The summed E-state index contributed by atoms with van der Waals surface area (Å²) < 4.78 is 0. The highest BCUT2D eigenvalue weighted by molar-refractivity contribution is 5.66. The van der Waals surface area contributed by atoms with Crippen molar-refractivity contribution in [1.82, 2.24) is 10.2 Å². The van der Waals surface area contributed by atoms with Crippen LogP contribution in [0.1, 0.15) is 95.6 Å². The average Bonchev–Trinajstić information content (AvgIpc) is 3.41. The monoisotopic (exact) mass is 506 g/mol. The number of hydrogen-bond acceptors (Lipinski definition) is 2. The SMILES string of the molecule is C=CC1CC=C(c2ccc(C/C=C(/C)N(C)CC)cc2)N1.CC.CCCC.Cc1cc(C)c(C)cc1C.[HH]. The van der Waals surface area contributed by atoms with Crippen LogP contribution in [0.5, 0.6) is 0 Å². The van der Waals surface area contributed by atoms with Crippen LogP contribution >= 0.6 is 0 Å². The Morgan fingerprint density at radius 3 is 1.81 bits per heavy atom. The van der Waals surface area contributed by atoms with Crippen molar-refractivity contribution in [3.63, 3.8) is 0 Å². The Kier molecular flexibility index (Phi) is 17.9. The van der Waals surface area contributed by atoms with E-state index < -0.39 is 0 Å². The third kappa shape index (κ3) is 12.9. The summed E-state index contributed by atoms with van der Waals surface area (Å²) >= 11 is 0. The minimum absolute atomic E-state index is 0. The van der Waals surface area contributed by atoms with Gasteiger partial charge in [-0.05, 0) is 87.8 Å². The predicted octanol–water partition coefficient (Wildman–Crippen LogP) is 9.97. The van der Waals surface area contributed by atoms with Crippen LogP contribution in [0.2, 0.25) is 0 Å². The maximum absolute atomic E-state index is 3.84. The molecule has 208 valence electrons. The molecule has 0 spiro atoms. The number of hydrogen-bond donors (Lipinski definition) is 1. The van der Waals surface area contributed by atoms with Gasteiger partial charge in [-0.1, -0.05) is 95.2 Å². The van der Waals surface area contributed by atoms with Gasteiger partial charge in [-0.3, -0.25) is 0 Å². The number of unbranched alkanes of at least 4 members (excludes halogenated alkanes) is 1. The van der Waals surface area contributed by atoms with Gasteiger partial charge in [-0.25, -0.2) is 0 Å². The fourth-order valence-electron chi connectivity index (χ4n) is 3.51. The van der Waals surface area contributed by atoms with Gasteiger partial charge in [0, 0.05) is 32.5 Å². The van der Waals surface area contributed by atoms with E-state index in [1.54, 1.807) is 0 Å². The van der Waals surface area contributed by atoms with Crippen molar-refractivity contribution in [3.8, 4) is 0 Å². The van der Waals surface area contributed by atoms with Gasteiger partial charge < -0.3 is 10.2 Å². The Morgan fingerprint density at radius 2 is 1.43 bits per heavy atom. The van der Waals surface area contributed by atoms with Crippen molar-refractivity contribution in [3.05, 3.63) is 100 Å². The molecule has 2 aromatic rings. The molecule has 2 nitrogen and oxygen atoms in total. The van der Waals surface area contributed by atoms with Gasteiger partial charge in [-0.15, -0.1) is 6.58 Å². The maximum Gasteiger partial charge on any atom is 0.0477 e. The van der Waals surface area contributed by atoms with Gasteiger partial charge in [0.2, 0.25) is 0 Å². The molecule has 0 saturated carbocycles. The summed E-state index contributed by atoms with van der Waals surface area (Å²) in [6.45, 7) is 26.2. The van der Waals surface area contributed by atoms with E-state index in [1.165, 1.54) is 57.6 Å². The summed E-state index contributed by atoms with van der Waals surface area (Å²) in [5.41, 5.74) is 10.7. The fourth-order valence-corrected chi connectivity index (χ4v) is 3.51. The molecule has 0 fully saturated rings.